The fourth-order valence-electron chi connectivity index (χ4n) is 1.67. The van der Waals surface area contributed by atoms with Crippen molar-refractivity contribution in [3.63, 3.8) is 0 Å². The molecule has 0 saturated carbocycles. The molecule has 0 aliphatic carbocycles. The molecule has 98 valence electrons. The summed E-state index contributed by atoms with van der Waals surface area (Å²) in [5.41, 5.74) is 0.851. The summed E-state index contributed by atoms with van der Waals surface area (Å²) in [7, 11) is 0. The van der Waals surface area contributed by atoms with E-state index in [-0.39, 0.29) is 17.1 Å². The average Bonchev–Trinajstić information content (AvgIpc) is 2.35. The maximum absolute atomic E-state index is 13.2. The van der Waals surface area contributed by atoms with Gasteiger partial charge >= 0.3 is 0 Å². The molecular formula is C15H12F2O2. The molecule has 19 heavy (non-hydrogen) atoms. The number of carbonyl (C=O) groups is 1. The molecule has 0 heterocycles. The smallest absolute Gasteiger partial charge is 0.163 e. The highest BCUT2D eigenvalue weighted by atomic mass is 19.1. The number of rotatable bonds is 3. The van der Waals surface area contributed by atoms with Gasteiger partial charge in [-0.25, -0.2) is 8.78 Å². The Morgan fingerprint density at radius 1 is 1.00 bits per heavy atom. The molecule has 0 saturated heterocycles. The highest BCUT2D eigenvalue weighted by molar-refractivity contribution is 5.96. The minimum atomic E-state index is -0.520. The number of halogens is 2. The Kier molecular flexibility index (Phi) is 3.60. The van der Waals surface area contributed by atoms with Crippen molar-refractivity contribution in [3.05, 3.63) is 59.2 Å². The van der Waals surface area contributed by atoms with Crippen LogP contribution in [0.1, 0.15) is 22.8 Å². The van der Waals surface area contributed by atoms with Gasteiger partial charge in [-0.15, -0.1) is 0 Å². The highest BCUT2D eigenvalue weighted by Crippen LogP contribution is 2.29. The molecule has 0 aliphatic heterocycles. The van der Waals surface area contributed by atoms with Gasteiger partial charge in [-0.1, -0.05) is 6.07 Å². The Labute approximate surface area is 109 Å². The van der Waals surface area contributed by atoms with E-state index >= 15 is 0 Å². The van der Waals surface area contributed by atoms with Gasteiger partial charge in [-0.3, -0.25) is 4.79 Å². The van der Waals surface area contributed by atoms with Crippen molar-refractivity contribution in [2.75, 3.05) is 0 Å². The number of ketones is 1. The molecule has 0 radical (unpaired) electrons. The van der Waals surface area contributed by atoms with Gasteiger partial charge in [0.05, 0.1) is 5.56 Å². The Morgan fingerprint density at radius 2 is 1.63 bits per heavy atom. The normalized spacial score (nSPS) is 10.3. The maximum Gasteiger partial charge on any atom is 0.163 e. The van der Waals surface area contributed by atoms with Crippen LogP contribution in [-0.4, -0.2) is 5.78 Å². The number of ether oxygens (including phenoxy) is 1. The van der Waals surface area contributed by atoms with E-state index in [2.05, 4.69) is 0 Å². The number of hydrogen-bond donors (Lipinski definition) is 0. The Morgan fingerprint density at radius 3 is 2.32 bits per heavy atom. The summed E-state index contributed by atoms with van der Waals surface area (Å²) in [6.07, 6.45) is 0. The van der Waals surface area contributed by atoms with Crippen molar-refractivity contribution in [1.82, 2.24) is 0 Å². The van der Waals surface area contributed by atoms with Crippen LogP contribution >= 0.6 is 0 Å². The fourth-order valence-corrected chi connectivity index (χ4v) is 1.67. The summed E-state index contributed by atoms with van der Waals surface area (Å²) in [6, 6.07) is 7.77. The minimum absolute atomic E-state index is 0.128. The quantitative estimate of drug-likeness (QED) is 0.772. The molecule has 0 aliphatic rings. The topological polar surface area (TPSA) is 26.3 Å². The van der Waals surface area contributed by atoms with Crippen LogP contribution in [0.3, 0.4) is 0 Å². The molecule has 0 spiro atoms. The molecule has 0 N–H and O–H groups in total. The first-order valence-corrected chi connectivity index (χ1v) is 5.72. The summed E-state index contributed by atoms with van der Waals surface area (Å²) in [5.74, 6) is -0.763. The molecule has 0 bridgehead atoms. The Hall–Kier alpha value is -2.23. The molecule has 0 aromatic heterocycles. The number of hydrogen-bond acceptors (Lipinski definition) is 2. The van der Waals surface area contributed by atoms with Crippen LogP contribution in [0, 0.1) is 18.6 Å². The van der Waals surface area contributed by atoms with Crippen molar-refractivity contribution in [2.24, 2.45) is 0 Å². The predicted molar refractivity (Wildman–Crippen MR) is 67.6 cm³/mol. The van der Waals surface area contributed by atoms with Gasteiger partial charge in [-0.2, -0.15) is 0 Å². The minimum Gasteiger partial charge on any atom is -0.456 e. The molecule has 0 unspecified atom stereocenters. The SMILES string of the molecule is CC(=O)c1cc(F)ccc1Oc1cc(F)ccc1C. The molecule has 0 fully saturated rings. The fraction of sp³-hybridized carbons (Fsp3) is 0.133. The summed E-state index contributed by atoms with van der Waals surface area (Å²) < 4.78 is 31.8. The lowest BCUT2D eigenvalue weighted by atomic mass is 10.1. The molecule has 0 atom stereocenters. The van der Waals surface area contributed by atoms with E-state index in [0.29, 0.717) is 5.75 Å². The van der Waals surface area contributed by atoms with E-state index in [4.69, 9.17) is 4.74 Å². The largest absolute Gasteiger partial charge is 0.456 e. The maximum atomic E-state index is 13.2. The highest BCUT2D eigenvalue weighted by Gasteiger charge is 2.12. The van der Waals surface area contributed by atoms with Crippen LogP contribution in [0.2, 0.25) is 0 Å². The third kappa shape index (κ3) is 2.96. The van der Waals surface area contributed by atoms with Gasteiger partial charge < -0.3 is 4.74 Å². The number of benzene rings is 2. The van der Waals surface area contributed by atoms with Crippen LogP contribution in [0.15, 0.2) is 36.4 Å². The first-order chi connectivity index (χ1) is 8.97. The van der Waals surface area contributed by atoms with Gasteiger partial charge in [0.25, 0.3) is 0 Å². The molecule has 4 heteroatoms. The van der Waals surface area contributed by atoms with Crippen molar-refractivity contribution in [3.8, 4) is 11.5 Å². The molecule has 2 rings (SSSR count). The van der Waals surface area contributed by atoms with Crippen molar-refractivity contribution >= 4 is 5.78 Å². The van der Waals surface area contributed by atoms with Gasteiger partial charge in [0, 0.05) is 6.07 Å². The van der Waals surface area contributed by atoms with E-state index in [0.717, 1.165) is 11.6 Å². The van der Waals surface area contributed by atoms with E-state index < -0.39 is 11.6 Å². The second-order valence-corrected chi connectivity index (χ2v) is 4.21. The number of carbonyl (C=O) groups excluding carboxylic acids is 1. The molecular weight excluding hydrogens is 250 g/mol. The molecule has 2 aromatic rings. The number of aryl methyl sites for hydroxylation is 1. The summed E-state index contributed by atoms with van der Waals surface area (Å²) in [5, 5.41) is 0. The second-order valence-electron chi connectivity index (χ2n) is 4.21. The van der Waals surface area contributed by atoms with Gasteiger partial charge in [0.2, 0.25) is 0 Å². The van der Waals surface area contributed by atoms with Crippen LogP contribution < -0.4 is 4.74 Å². The molecule has 0 amide bonds. The third-order valence-corrected chi connectivity index (χ3v) is 2.69. The predicted octanol–water partition coefficient (Wildman–Crippen LogP) is 4.27. The van der Waals surface area contributed by atoms with Gasteiger partial charge in [-0.05, 0) is 43.7 Å². The Bertz CT molecular complexity index is 636. The zero-order valence-corrected chi connectivity index (χ0v) is 10.5. The number of Topliss-reactive ketones (excluding diaryl/α,β-unsaturated/α-hetero) is 1. The lowest BCUT2D eigenvalue weighted by Gasteiger charge is -2.11. The monoisotopic (exact) mass is 262 g/mol. The third-order valence-electron chi connectivity index (χ3n) is 2.69. The Balaban J connectivity index is 2.43. The van der Waals surface area contributed by atoms with Crippen molar-refractivity contribution in [1.29, 1.82) is 0 Å². The molecule has 2 nitrogen and oxygen atoms in total. The van der Waals surface area contributed by atoms with E-state index in [1.807, 2.05) is 0 Å². The van der Waals surface area contributed by atoms with Crippen LogP contribution in [0.4, 0.5) is 8.78 Å². The van der Waals surface area contributed by atoms with E-state index in [1.54, 1.807) is 13.0 Å². The first kappa shape index (κ1) is 13.2. The zero-order valence-electron chi connectivity index (χ0n) is 10.5. The lowest BCUT2D eigenvalue weighted by molar-refractivity contribution is 0.101. The van der Waals surface area contributed by atoms with Crippen LogP contribution in [-0.2, 0) is 0 Å². The molecule has 2 aromatic carbocycles. The summed E-state index contributed by atoms with van der Waals surface area (Å²) in [6.45, 7) is 3.08. The van der Waals surface area contributed by atoms with Gasteiger partial charge in [0.15, 0.2) is 5.78 Å². The average molecular weight is 262 g/mol. The van der Waals surface area contributed by atoms with Crippen LogP contribution in [0.5, 0.6) is 11.5 Å². The zero-order chi connectivity index (χ0) is 14.0. The van der Waals surface area contributed by atoms with E-state index in [9.17, 15) is 13.6 Å². The summed E-state index contributed by atoms with van der Waals surface area (Å²) in [4.78, 5) is 11.4. The van der Waals surface area contributed by atoms with Crippen LogP contribution in [0.25, 0.3) is 0 Å². The first-order valence-electron chi connectivity index (χ1n) is 5.72. The van der Waals surface area contributed by atoms with Crippen molar-refractivity contribution < 1.29 is 18.3 Å². The second kappa shape index (κ2) is 5.18. The standard InChI is InChI=1S/C15H12F2O2/c1-9-3-4-12(17)8-15(9)19-14-6-5-11(16)7-13(14)10(2)18/h3-8H,1-2H3. The lowest BCUT2D eigenvalue weighted by Crippen LogP contribution is -1.99. The van der Waals surface area contributed by atoms with Crippen molar-refractivity contribution in [2.45, 2.75) is 13.8 Å². The summed E-state index contributed by atoms with van der Waals surface area (Å²) >= 11 is 0. The van der Waals surface area contributed by atoms with Gasteiger partial charge in [0.1, 0.15) is 23.1 Å². The van der Waals surface area contributed by atoms with E-state index in [1.165, 1.54) is 31.2 Å².